The summed E-state index contributed by atoms with van der Waals surface area (Å²) in [6.45, 7) is 3.80. The molecule has 0 saturated heterocycles. The third-order valence-corrected chi connectivity index (χ3v) is 7.97. The molecule has 0 N–H and O–H groups in total. The number of nitrogens with zero attached hydrogens (tertiary/aromatic N) is 1. The number of hydrogen-bond acceptors (Lipinski definition) is 5. The quantitative estimate of drug-likeness (QED) is 0.148. The van der Waals surface area contributed by atoms with Crippen LogP contribution in [0.5, 0.6) is 11.5 Å². The van der Waals surface area contributed by atoms with Gasteiger partial charge in [0.15, 0.2) is 0 Å². The zero-order valence-electron chi connectivity index (χ0n) is 23.1. The van der Waals surface area contributed by atoms with Crippen molar-refractivity contribution in [1.82, 2.24) is 4.98 Å². The van der Waals surface area contributed by atoms with Crippen LogP contribution in [0.3, 0.4) is 0 Å². The molecule has 1 aliphatic carbocycles. The predicted octanol–water partition coefficient (Wildman–Crippen LogP) is 7.76. The monoisotopic (exact) mass is 541 g/mol. The van der Waals surface area contributed by atoms with Gasteiger partial charge in [0.05, 0.1) is 23.0 Å². The fraction of sp³-hybridized carbons (Fsp3) is 0.194. The second-order valence-corrected chi connectivity index (χ2v) is 10.9. The first-order chi connectivity index (χ1) is 19.9. The van der Waals surface area contributed by atoms with E-state index in [-0.39, 0.29) is 11.9 Å². The molecule has 0 fully saturated rings. The lowest BCUT2D eigenvalue weighted by molar-refractivity contribution is -0.139. The van der Waals surface area contributed by atoms with E-state index >= 15 is 0 Å². The molecule has 204 valence electrons. The topological polar surface area (TPSA) is 65.5 Å². The molecule has 0 bridgehead atoms. The molecule has 0 aliphatic heterocycles. The van der Waals surface area contributed by atoms with Gasteiger partial charge in [-0.1, -0.05) is 92.7 Å². The SMILES string of the molecule is CC(CC1(CC(C)C(=O)Oc2ccccc2)c2ccccc2-c2nc3ccccc3cc21)C(=O)Oc1ccccc1. The van der Waals surface area contributed by atoms with E-state index in [1.165, 1.54) is 0 Å². The molecule has 5 aromatic rings. The largest absolute Gasteiger partial charge is 0.426 e. The van der Waals surface area contributed by atoms with Gasteiger partial charge in [-0.15, -0.1) is 0 Å². The van der Waals surface area contributed by atoms with Crippen molar-refractivity contribution in [1.29, 1.82) is 0 Å². The number of ether oxygens (including phenoxy) is 2. The Morgan fingerprint density at radius 1 is 0.659 bits per heavy atom. The van der Waals surface area contributed by atoms with Gasteiger partial charge in [-0.2, -0.15) is 0 Å². The molecule has 2 unspecified atom stereocenters. The highest BCUT2D eigenvalue weighted by Crippen LogP contribution is 2.55. The van der Waals surface area contributed by atoms with Crippen molar-refractivity contribution in [2.75, 3.05) is 0 Å². The Balaban J connectivity index is 1.43. The van der Waals surface area contributed by atoms with E-state index < -0.39 is 17.3 Å². The van der Waals surface area contributed by atoms with Crippen LogP contribution in [0.4, 0.5) is 0 Å². The van der Waals surface area contributed by atoms with Crippen molar-refractivity contribution < 1.29 is 19.1 Å². The number of benzene rings is 4. The summed E-state index contributed by atoms with van der Waals surface area (Å²) < 4.78 is 11.5. The van der Waals surface area contributed by atoms with Crippen LogP contribution in [0, 0.1) is 11.8 Å². The van der Waals surface area contributed by atoms with Gasteiger partial charge in [0, 0.05) is 16.4 Å². The Labute approximate surface area is 239 Å². The maximum Gasteiger partial charge on any atom is 0.314 e. The van der Waals surface area contributed by atoms with Crippen LogP contribution in [-0.4, -0.2) is 16.9 Å². The van der Waals surface area contributed by atoms with Crippen molar-refractivity contribution >= 4 is 22.8 Å². The Bertz CT molecular complexity index is 1650. The van der Waals surface area contributed by atoms with E-state index in [1.807, 2.05) is 80.6 Å². The molecule has 4 aromatic carbocycles. The maximum absolute atomic E-state index is 13.4. The molecule has 5 nitrogen and oxygen atoms in total. The van der Waals surface area contributed by atoms with Gasteiger partial charge in [0.25, 0.3) is 0 Å². The summed E-state index contributed by atoms with van der Waals surface area (Å²) in [6.07, 6.45) is 0.900. The zero-order valence-corrected chi connectivity index (χ0v) is 23.1. The maximum atomic E-state index is 13.4. The first-order valence-electron chi connectivity index (χ1n) is 14.0. The molecular weight excluding hydrogens is 510 g/mol. The number of fused-ring (bicyclic) bond motifs is 4. The highest BCUT2D eigenvalue weighted by atomic mass is 16.5. The van der Waals surface area contributed by atoms with Gasteiger partial charge < -0.3 is 9.47 Å². The van der Waals surface area contributed by atoms with E-state index in [1.54, 1.807) is 24.3 Å². The summed E-state index contributed by atoms with van der Waals surface area (Å²) in [5.41, 5.74) is 4.26. The zero-order chi connectivity index (χ0) is 28.4. The van der Waals surface area contributed by atoms with E-state index in [0.29, 0.717) is 24.3 Å². The standard InChI is InChI=1S/C36H31NO4/c1-24(34(38)40-27-14-5-3-6-15-27)22-36(23-25(2)35(39)41-28-16-7-4-8-17-28)30-19-11-10-18-29(30)33-31(36)21-26-13-9-12-20-32(26)37-33/h3-21,24-25H,22-23H2,1-2H3. The van der Waals surface area contributed by atoms with Gasteiger partial charge in [-0.05, 0) is 60.4 Å². The smallest absolute Gasteiger partial charge is 0.314 e. The second-order valence-electron chi connectivity index (χ2n) is 10.9. The summed E-state index contributed by atoms with van der Waals surface area (Å²) in [5, 5.41) is 1.02. The van der Waals surface area contributed by atoms with E-state index in [0.717, 1.165) is 33.3 Å². The Kier molecular flexibility index (Phi) is 7.10. The average Bonchev–Trinajstić information content (AvgIpc) is 3.25. The van der Waals surface area contributed by atoms with Crippen LogP contribution in [0.2, 0.25) is 0 Å². The molecule has 0 amide bonds. The van der Waals surface area contributed by atoms with Gasteiger partial charge in [-0.25, -0.2) is 4.98 Å². The Morgan fingerprint density at radius 3 is 1.78 bits per heavy atom. The third-order valence-electron chi connectivity index (χ3n) is 7.97. The van der Waals surface area contributed by atoms with Crippen molar-refractivity contribution in [2.45, 2.75) is 32.1 Å². The minimum atomic E-state index is -0.660. The van der Waals surface area contributed by atoms with Gasteiger partial charge in [0.1, 0.15) is 11.5 Å². The van der Waals surface area contributed by atoms with E-state index in [9.17, 15) is 9.59 Å². The molecule has 0 radical (unpaired) electrons. The third kappa shape index (κ3) is 5.11. The number of para-hydroxylation sites is 3. The minimum Gasteiger partial charge on any atom is -0.426 e. The molecule has 6 rings (SSSR count). The number of hydrogen-bond donors (Lipinski definition) is 0. The number of esters is 2. The Hall–Kier alpha value is -4.77. The van der Waals surface area contributed by atoms with Crippen molar-refractivity contribution in [3.8, 4) is 22.8 Å². The van der Waals surface area contributed by atoms with E-state index in [4.69, 9.17) is 14.5 Å². The predicted molar refractivity (Wildman–Crippen MR) is 160 cm³/mol. The van der Waals surface area contributed by atoms with Crippen molar-refractivity contribution in [3.05, 3.63) is 126 Å². The highest BCUT2D eigenvalue weighted by Gasteiger charge is 2.47. The molecule has 1 heterocycles. The molecule has 1 aromatic heterocycles. The molecular formula is C36H31NO4. The fourth-order valence-corrected chi connectivity index (χ4v) is 6.08. The second kappa shape index (κ2) is 11.0. The number of carbonyl (C=O) groups is 2. The van der Waals surface area contributed by atoms with E-state index in [2.05, 4.69) is 24.3 Å². The van der Waals surface area contributed by atoms with Gasteiger partial charge >= 0.3 is 11.9 Å². The number of rotatable bonds is 8. The number of pyridine rings is 1. The normalized spacial score (nSPS) is 16.8. The van der Waals surface area contributed by atoms with Gasteiger partial charge in [-0.3, -0.25) is 9.59 Å². The average molecular weight is 542 g/mol. The number of aromatic nitrogens is 1. The molecule has 2 atom stereocenters. The van der Waals surface area contributed by atoms with Crippen LogP contribution in [-0.2, 0) is 15.0 Å². The lowest BCUT2D eigenvalue weighted by Gasteiger charge is -2.35. The lowest BCUT2D eigenvalue weighted by atomic mass is 9.67. The summed E-state index contributed by atoms with van der Waals surface area (Å²) >= 11 is 0. The van der Waals surface area contributed by atoms with Crippen LogP contribution >= 0.6 is 0 Å². The molecule has 5 heteroatoms. The van der Waals surface area contributed by atoms with Gasteiger partial charge in [0.2, 0.25) is 0 Å². The minimum absolute atomic E-state index is 0.310. The van der Waals surface area contributed by atoms with Crippen LogP contribution in [0.25, 0.3) is 22.2 Å². The molecule has 0 saturated carbocycles. The summed E-state index contributed by atoms with van der Waals surface area (Å²) in [7, 11) is 0. The summed E-state index contributed by atoms with van der Waals surface area (Å²) in [6, 6.07) is 36.7. The van der Waals surface area contributed by atoms with Crippen LogP contribution < -0.4 is 9.47 Å². The molecule has 0 spiro atoms. The first-order valence-corrected chi connectivity index (χ1v) is 14.0. The van der Waals surface area contributed by atoms with Crippen LogP contribution in [0.15, 0.2) is 115 Å². The summed E-state index contributed by atoms with van der Waals surface area (Å²) in [4.78, 5) is 31.9. The van der Waals surface area contributed by atoms with Crippen molar-refractivity contribution in [2.24, 2.45) is 11.8 Å². The van der Waals surface area contributed by atoms with Crippen LogP contribution in [0.1, 0.15) is 37.8 Å². The summed E-state index contributed by atoms with van der Waals surface area (Å²) in [5.74, 6) is -0.517. The fourth-order valence-electron chi connectivity index (χ4n) is 6.08. The molecule has 41 heavy (non-hydrogen) atoms. The lowest BCUT2D eigenvalue weighted by Crippen LogP contribution is -2.36. The highest BCUT2D eigenvalue weighted by molar-refractivity contribution is 5.89. The number of carbonyl (C=O) groups excluding carboxylic acids is 2. The van der Waals surface area contributed by atoms with Crippen molar-refractivity contribution in [3.63, 3.8) is 0 Å². The molecule has 1 aliphatic rings. The Morgan fingerprint density at radius 2 is 1.17 bits per heavy atom. The first kappa shape index (κ1) is 26.5.